The van der Waals surface area contributed by atoms with Crippen molar-refractivity contribution in [2.24, 2.45) is 27.1 Å². The Kier molecular flexibility index (Phi) is 17.8. The second-order valence-electron chi connectivity index (χ2n) is 22.7. The summed E-state index contributed by atoms with van der Waals surface area (Å²) in [4.78, 5) is 66.4. The second kappa shape index (κ2) is 23.7. The first kappa shape index (κ1) is 56.4. The van der Waals surface area contributed by atoms with E-state index in [0.29, 0.717) is 38.9 Å². The third-order valence-electron chi connectivity index (χ3n) is 15.1. The summed E-state index contributed by atoms with van der Waals surface area (Å²) in [5.74, 6) is -1.83. The van der Waals surface area contributed by atoms with Gasteiger partial charge in [-0.15, -0.1) is 0 Å². The molecular weight excluding hydrogens is 949 g/mol. The number of hydrogen-bond donors (Lipinski definition) is 0. The number of ether oxygens (including phenoxy) is 7. The molecule has 2 fully saturated rings. The maximum absolute atomic E-state index is 13.9. The largest absolute Gasteiger partial charge is 0.465 e. The van der Waals surface area contributed by atoms with Crippen LogP contribution in [-0.4, -0.2) is 75.1 Å². The number of fused-ring (bicyclic) bond motifs is 4. The minimum absolute atomic E-state index is 0.0172. The van der Waals surface area contributed by atoms with Gasteiger partial charge in [-0.05, 0) is 142 Å². The van der Waals surface area contributed by atoms with Crippen molar-refractivity contribution in [1.82, 2.24) is 0 Å². The predicted molar refractivity (Wildman–Crippen MR) is 291 cm³/mol. The normalized spacial score (nSPS) is 17.6. The highest BCUT2D eigenvalue weighted by atomic mass is 16.6. The van der Waals surface area contributed by atoms with Gasteiger partial charge in [0.15, 0.2) is 0 Å². The molecule has 5 atom stereocenters. The second-order valence-corrected chi connectivity index (χ2v) is 22.7. The highest BCUT2D eigenvalue weighted by Crippen LogP contribution is 2.46. The van der Waals surface area contributed by atoms with Gasteiger partial charge in [-0.1, -0.05) is 118 Å². The van der Waals surface area contributed by atoms with E-state index in [9.17, 15) is 24.0 Å². The Bertz CT molecular complexity index is 2910. The average Bonchev–Trinajstić information content (AvgIpc) is 4.35. The van der Waals surface area contributed by atoms with Crippen LogP contribution in [0, 0.1) is 27.1 Å². The minimum Gasteiger partial charge on any atom is -0.465 e. The number of carbonyl (C=O) groups excluding carboxylic acids is 5. The number of esters is 5. The molecule has 0 amide bonds. The fourth-order valence-electron chi connectivity index (χ4n) is 10.4. The van der Waals surface area contributed by atoms with E-state index in [2.05, 4.69) is 48.5 Å². The molecule has 75 heavy (non-hydrogen) atoms. The molecule has 12 nitrogen and oxygen atoms in total. The molecule has 2 heterocycles. The van der Waals surface area contributed by atoms with Crippen molar-refractivity contribution >= 4 is 72.9 Å². The SMILES string of the molecule is CCC(C)(CC(C)(C)C(=O)OCc1c2ccccc2cc2ccccc12)C(=O)OCC1CO1.CCCOC(=O)C(C)(CC(C)(C)C(=O)OCC1CO1)CC(C)(CC)C(=O)OCc1c2ccccc2cc2ccccc12. The van der Waals surface area contributed by atoms with Crippen molar-refractivity contribution in [2.75, 3.05) is 33.0 Å². The average molecular weight is 1030 g/mol. The Labute approximate surface area is 442 Å². The standard InChI is InChI=1S/C35H44O7.C28H32O5/c1-7-17-39-32(38)35(6,22-33(3,4)30(36)41-20-26-19-40-26)23-34(5,8-2)31(37)42-21-29-27-15-11-9-13-24(27)18-25-14-10-12-16-28(25)29;1-5-28(4,26(30)32-16-21-15-31-21)18-27(2,3)25(29)33-17-24-22-12-8-6-10-19(22)14-20-11-7-9-13-23(20)24/h9-16,18,26H,7-8,17,19-23H2,1-6H3;6-14,21H,5,15-18H2,1-4H3. The Morgan fingerprint density at radius 2 is 0.760 bits per heavy atom. The van der Waals surface area contributed by atoms with Crippen molar-refractivity contribution in [1.29, 1.82) is 0 Å². The van der Waals surface area contributed by atoms with Gasteiger partial charge < -0.3 is 33.2 Å². The zero-order valence-corrected chi connectivity index (χ0v) is 45.6. The van der Waals surface area contributed by atoms with Gasteiger partial charge in [0.05, 0.1) is 46.9 Å². The van der Waals surface area contributed by atoms with Crippen LogP contribution in [0.3, 0.4) is 0 Å². The van der Waals surface area contributed by atoms with Crippen LogP contribution in [0.5, 0.6) is 0 Å². The van der Waals surface area contributed by atoms with Gasteiger partial charge in [0, 0.05) is 11.1 Å². The first-order chi connectivity index (χ1) is 35.7. The van der Waals surface area contributed by atoms with E-state index in [1.807, 2.05) is 109 Å². The first-order valence-electron chi connectivity index (χ1n) is 26.5. The summed E-state index contributed by atoms with van der Waals surface area (Å²) in [6, 6.07) is 36.7. The van der Waals surface area contributed by atoms with E-state index < -0.39 is 39.0 Å². The molecule has 0 spiro atoms. The molecule has 2 saturated heterocycles. The van der Waals surface area contributed by atoms with E-state index in [1.165, 1.54) is 0 Å². The van der Waals surface area contributed by atoms with Crippen LogP contribution in [0.2, 0.25) is 0 Å². The molecule has 400 valence electrons. The molecule has 2 aliphatic heterocycles. The smallest absolute Gasteiger partial charge is 0.312 e. The summed E-state index contributed by atoms with van der Waals surface area (Å²) in [6.07, 6.45) is 2.31. The molecule has 0 N–H and O–H groups in total. The zero-order valence-electron chi connectivity index (χ0n) is 45.6. The van der Waals surface area contributed by atoms with Crippen LogP contribution < -0.4 is 0 Å². The van der Waals surface area contributed by atoms with Gasteiger partial charge in [-0.25, -0.2) is 0 Å². The van der Waals surface area contributed by atoms with Gasteiger partial charge in [0.2, 0.25) is 0 Å². The van der Waals surface area contributed by atoms with E-state index in [-0.39, 0.29) is 76.0 Å². The summed E-state index contributed by atoms with van der Waals surface area (Å²) in [7, 11) is 0. The molecule has 0 saturated carbocycles. The number of carbonyl (C=O) groups is 5. The lowest BCUT2D eigenvalue weighted by atomic mass is 9.65. The Morgan fingerprint density at radius 1 is 0.440 bits per heavy atom. The van der Waals surface area contributed by atoms with E-state index in [0.717, 1.165) is 54.2 Å². The summed E-state index contributed by atoms with van der Waals surface area (Å²) in [5, 5.41) is 8.60. The lowest BCUT2D eigenvalue weighted by Crippen LogP contribution is -2.44. The summed E-state index contributed by atoms with van der Waals surface area (Å²) in [6.45, 7) is 20.7. The van der Waals surface area contributed by atoms with Crippen molar-refractivity contribution in [3.63, 3.8) is 0 Å². The quantitative estimate of drug-likeness (QED) is 0.0259. The maximum Gasteiger partial charge on any atom is 0.312 e. The van der Waals surface area contributed by atoms with Crippen molar-refractivity contribution < 1.29 is 57.1 Å². The summed E-state index contributed by atoms with van der Waals surface area (Å²) < 4.78 is 38.8. The molecule has 0 aromatic heterocycles. The van der Waals surface area contributed by atoms with Gasteiger partial charge in [0.25, 0.3) is 0 Å². The van der Waals surface area contributed by atoms with E-state index >= 15 is 0 Å². The Morgan fingerprint density at radius 3 is 1.15 bits per heavy atom. The number of epoxide rings is 2. The summed E-state index contributed by atoms with van der Waals surface area (Å²) >= 11 is 0. The predicted octanol–water partition coefficient (Wildman–Crippen LogP) is 13.0. The Hall–Kier alpha value is -6.37. The third-order valence-corrected chi connectivity index (χ3v) is 15.1. The third kappa shape index (κ3) is 13.7. The number of benzene rings is 6. The molecule has 6 aromatic rings. The lowest BCUT2D eigenvalue weighted by Gasteiger charge is -2.39. The zero-order chi connectivity index (χ0) is 54.2. The monoisotopic (exact) mass is 1020 g/mol. The van der Waals surface area contributed by atoms with Gasteiger partial charge in [-0.3, -0.25) is 24.0 Å². The summed E-state index contributed by atoms with van der Waals surface area (Å²) in [5.41, 5.74) is -2.80. The highest BCUT2D eigenvalue weighted by Gasteiger charge is 2.50. The molecule has 2 aliphatic rings. The van der Waals surface area contributed by atoms with E-state index in [1.54, 1.807) is 20.8 Å². The van der Waals surface area contributed by atoms with Crippen LogP contribution in [0.4, 0.5) is 0 Å². The molecular formula is C63H76O12. The molecule has 6 aromatic carbocycles. The Balaban J connectivity index is 0.000000225. The van der Waals surface area contributed by atoms with Crippen molar-refractivity contribution in [3.8, 4) is 0 Å². The van der Waals surface area contributed by atoms with Gasteiger partial charge in [0.1, 0.15) is 38.6 Å². The molecule has 12 heteroatoms. The highest BCUT2D eigenvalue weighted by molar-refractivity contribution is 6.03. The van der Waals surface area contributed by atoms with Crippen molar-refractivity contribution in [2.45, 2.75) is 133 Å². The fraction of sp³-hybridized carbons (Fsp3) is 0.476. The first-order valence-corrected chi connectivity index (χ1v) is 26.5. The number of hydrogen-bond acceptors (Lipinski definition) is 12. The van der Waals surface area contributed by atoms with Gasteiger partial charge in [-0.2, -0.15) is 0 Å². The maximum atomic E-state index is 13.9. The molecule has 8 rings (SSSR count). The van der Waals surface area contributed by atoms with Crippen LogP contribution >= 0.6 is 0 Å². The van der Waals surface area contributed by atoms with E-state index in [4.69, 9.17) is 33.2 Å². The lowest BCUT2D eigenvalue weighted by molar-refractivity contribution is -0.169. The number of rotatable bonds is 23. The topological polar surface area (TPSA) is 157 Å². The fourth-order valence-corrected chi connectivity index (χ4v) is 10.4. The minimum atomic E-state index is -1.14. The van der Waals surface area contributed by atoms with Crippen LogP contribution in [0.15, 0.2) is 109 Å². The van der Waals surface area contributed by atoms with Crippen molar-refractivity contribution in [3.05, 3.63) is 120 Å². The molecule has 0 bridgehead atoms. The molecule has 0 radical (unpaired) electrons. The van der Waals surface area contributed by atoms with Gasteiger partial charge >= 0.3 is 29.8 Å². The molecule has 0 aliphatic carbocycles. The van der Waals surface area contributed by atoms with Crippen LogP contribution in [0.1, 0.15) is 119 Å². The van der Waals surface area contributed by atoms with Crippen LogP contribution in [0.25, 0.3) is 43.1 Å². The molecule has 5 unspecified atom stereocenters. The van der Waals surface area contributed by atoms with Crippen LogP contribution in [-0.2, 0) is 70.3 Å².